The zero-order chi connectivity index (χ0) is 10.8. The van der Waals surface area contributed by atoms with Crippen molar-refractivity contribution in [2.45, 2.75) is 6.92 Å². The lowest BCUT2D eigenvalue weighted by Crippen LogP contribution is -2.06. The molecule has 0 unspecified atom stereocenters. The molecule has 2 rings (SSSR count). The summed E-state index contributed by atoms with van der Waals surface area (Å²) in [5, 5.41) is 0. The number of hydrogen-bond acceptors (Lipinski definition) is 4. The Morgan fingerprint density at radius 3 is 3.00 bits per heavy atom. The number of aryl methyl sites for hydroxylation is 1. The van der Waals surface area contributed by atoms with Crippen LogP contribution in [-0.4, -0.2) is 10.8 Å². The number of nitrogens with zero attached hydrogens (tertiary/aromatic N) is 1. The minimum absolute atomic E-state index is 0.169. The van der Waals surface area contributed by atoms with Crippen LogP contribution in [0.5, 0.6) is 0 Å². The van der Waals surface area contributed by atoms with Crippen LogP contribution >= 0.6 is 0 Å². The van der Waals surface area contributed by atoms with Gasteiger partial charge in [0.05, 0.1) is 17.4 Å². The van der Waals surface area contributed by atoms with Gasteiger partial charge in [-0.25, -0.2) is 4.98 Å². The molecule has 4 heteroatoms. The molecule has 0 bridgehead atoms. The second kappa shape index (κ2) is 3.57. The summed E-state index contributed by atoms with van der Waals surface area (Å²) in [5.74, 6) is 0.0734. The number of ketones is 1. The number of anilines is 1. The van der Waals surface area contributed by atoms with Crippen LogP contribution in [0.15, 0.2) is 35.3 Å². The Labute approximate surface area is 86.7 Å². The van der Waals surface area contributed by atoms with Crippen LogP contribution in [0.1, 0.15) is 21.5 Å². The minimum Gasteiger partial charge on any atom is -0.472 e. The molecule has 0 saturated carbocycles. The lowest BCUT2D eigenvalue weighted by atomic mass is 10.1. The molecule has 76 valence electrons. The molecule has 2 N–H and O–H groups in total. The second-order valence-corrected chi connectivity index (χ2v) is 3.29. The molecular weight excluding hydrogens is 192 g/mol. The highest BCUT2D eigenvalue weighted by molar-refractivity contribution is 6.11. The molecule has 2 heterocycles. The molecule has 0 atom stereocenters. The van der Waals surface area contributed by atoms with E-state index in [9.17, 15) is 4.79 Å². The van der Waals surface area contributed by atoms with Gasteiger partial charge in [0.15, 0.2) is 5.78 Å². The van der Waals surface area contributed by atoms with Gasteiger partial charge in [-0.05, 0) is 24.6 Å². The van der Waals surface area contributed by atoms with Crippen molar-refractivity contribution < 1.29 is 9.21 Å². The quantitative estimate of drug-likeness (QED) is 0.754. The normalized spacial score (nSPS) is 10.2. The number of carbonyl (C=O) groups is 1. The largest absolute Gasteiger partial charge is 0.472 e. The van der Waals surface area contributed by atoms with E-state index >= 15 is 0 Å². The van der Waals surface area contributed by atoms with Gasteiger partial charge in [0.2, 0.25) is 0 Å². The zero-order valence-electron chi connectivity index (χ0n) is 8.23. The number of rotatable bonds is 2. The molecule has 0 amide bonds. The summed E-state index contributed by atoms with van der Waals surface area (Å²) in [7, 11) is 0. The van der Waals surface area contributed by atoms with Crippen molar-refractivity contribution in [3.63, 3.8) is 0 Å². The number of aromatic nitrogens is 1. The van der Waals surface area contributed by atoms with Crippen LogP contribution in [0.25, 0.3) is 0 Å². The van der Waals surface area contributed by atoms with Crippen LogP contribution in [0, 0.1) is 6.92 Å². The van der Waals surface area contributed by atoms with E-state index in [-0.39, 0.29) is 11.6 Å². The third-order valence-corrected chi connectivity index (χ3v) is 2.08. The molecule has 2 aromatic rings. The van der Waals surface area contributed by atoms with Crippen molar-refractivity contribution in [2.75, 3.05) is 5.73 Å². The summed E-state index contributed by atoms with van der Waals surface area (Å²) >= 11 is 0. The number of nitrogen functional groups attached to an aromatic ring is 1. The fourth-order valence-corrected chi connectivity index (χ4v) is 1.31. The first-order chi connectivity index (χ1) is 7.18. The molecule has 0 radical (unpaired) electrons. The molecule has 4 nitrogen and oxygen atoms in total. The van der Waals surface area contributed by atoms with Crippen molar-refractivity contribution in [3.05, 3.63) is 47.5 Å². The van der Waals surface area contributed by atoms with E-state index in [1.807, 2.05) is 6.92 Å². The van der Waals surface area contributed by atoms with Crippen LogP contribution in [0.4, 0.5) is 5.82 Å². The predicted molar refractivity (Wildman–Crippen MR) is 55.5 cm³/mol. The van der Waals surface area contributed by atoms with E-state index in [1.165, 1.54) is 12.5 Å². The van der Waals surface area contributed by atoms with Crippen molar-refractivity contribution >= 4 is 11.6 Å². The van der Waals surface area contributed by atoms with Crippen molar-refractivity contribution in [1.29, 1.82) is 0 Å². The van der Waals surface area contributed by atoms with Crippen LogP contribution in [0.2, 0.25) is 0 Å². The molecule has 0 spiro atoms. The highest BCUT2D eigenvalue weighted by Crippen LogP contribution is 2.16. The lowest BCUT2D eigenvalue weighted by molar-refractivity contribution is 0.103. The van der Waals surface area contributed by atoms with Crippen molar-refractivity contribution in [1.82, 2.24) is 4.98 Å². The number of carbonyl (C=O) groups excluding carboxylic acids is 1. The Balaban J connectivity index is 2.46. The molecule has 0 fully saturated rings. The maximum Gasteiger partial charge on any atom is 0.199 e. The van der Waals surface area contributed by atoms with Gasteiger partial charge in [0.25, 0.3) is 0 Å². The first-order valence-electron chi connectivity index (χ1n) is 4.47. The fraction of sp³-hybridized carbons (Fsp3) is 0.0909. The van der Waals surface area contributed by atoms with Gasteiger partial charge in [-0.1, -0.05) is 0 Å². The smallest absolute Gasteiger partial charge is 0.199 e. The highest BCUT2D eigenvalue weighted by atomic mass is 16.3. The Morgan fingerprint density at radius 1 is 1.53 bits per heavy atom. The monoisotopic (exact) mass is 202 g/mol. The Bertz CT molecular complexity index is 489. The number of hydrogen-bond donors (Lipinski definition) is 1. The van der Waals surface area contributed by atoms with E-state index in [2.05, 4.69) is 4.98 Å². The van der Waals surface area contributed by atoms with E-state index < -0.39 is 0 Å². The Kier molecular flexibility index (Phi) is 2.25. The summed E-state index contributed by atoms with van der Waals surface area (Å²) in [6.07, 6.45) is 4.47. The maximum absolute atomic E-state index is 11.9. The molecule has 0 aliphatic carbocycles. The summed E-state index contributed by atoms with van der Waals surface area (Å²) in [6, 6.07) is 3.32. The third-order valence-electron chi connectivity index (χ3n) is 2.08. The first-order valence-corrected chi connectivity index (χ1v) is 4.47. The Morgan fingerprint density at radius 2 is 2.33 bits per heavy atom. The van der Waals surface area contributed by atoms with E-state index in [4.69, 9.17) is 10.2 Å². The average Bonchev–Trinajstić information content (AvgIpc) is 2.74. The van der Waals surface area contributed by atoms with Gasteiger partial charge >= 0.3 is 0 Å². The van der Waals surface area contributed by atoms with Gasteiger partial charge in [-0.2, -0.15) is 0 Å². The second-order valence-electron chi connectivity index (χ2n) is 3.29. The molecule has 0 aromatic carbocycles. The molecule has 0 aliphatic heterocycles. The Hall–Kier alpha value is -2.10. The van der Waals surface area contributed by atoms with Crippen molar-refractivity contribution in [2.24, 2.45) is 0 Å². The molecule has 15 heavy (non-hydrogen) atoms. The fourth-order valence-electron chi connectivity index (χ4n) is 1.31. The molecule has 0 saturated heterocycles. The van der Waals surface area contributed by atoms with Gasteiger partial charge in [-0.3, -0.25) is 4.79 Å². The number of nitrogens with two attached hydrogens (primary N) is 1. The van der Waals surface area contributed by atoms with Crippen LogP contribution < -0.4 is 5.73 Å². The summed E-state index contributed by atoms with van der Waals surface area (Å²) in [5.41, 5.74) is 7.43. The topological polar surface area (TPSA) is 69.1 Å². The minimum atomic E-state index is -0.169. The van der Waals surface area contributed by atoms with Crippen molar-refractivity contribution in [3.8, 4) is 0 Å². The predicted octanol–water partition coefficient (Wildman–Crippen LogP) is 1.80. The van der Waals surface area contributed by atoms with Crippen LogP contribution in [-0.2, 0) is 0 Å². The van der Waals surface area contributed by atoms with E-state index in [0.717, 1.165) is 5.56 Å². The van der Waals surface area contributed by atoms with Gasteiger partial charge in [0, 0.05) is 6.20 Å². The highest BCUT2D eigenvalue weighted by Gasteiger charge is 2.14. The van der Waals surface area contributed by atoms with E-state index in [0.29, 0.717) is 11.1 Å². The zero-order valence-corrected chi connectivity index (χ0v) is 8.23. The van der Waals surface area contributed by atoms with Gasteiger partial charge < -0.3 is 10.2 Å². The first kappa shape index (κ1) is 9.45. The molecule has 0 aliphatic rings. The SMILES string of the molecule is Cc1cnc(N)c(C(=O)c2ccoc2)c1. The average molecular weight is 202 g/mol. The lowest BCUT2D eigenvalue weighted by Gasteiger charge is -2.02. The standard InChI is InChI=1S/C11H10N2O2/c1-7-4-9(11(12)13-5-7)10(14)8-2-3-15-6-8/h2-6H,1H3,(H2,12,13). The maximum atomic E-state index is 11.9. The van der Waals surface area contributed by atoms with Crippen LogP contribution in [0.3, 0.4) is 0 Å². The molecule has 2 aromatic heterocycles. The summed E-state index contributed by atoms with van der Waals surface area (Å²) in [6.45, 7) is 1.86. The number of pyridine rings is 1. The number of furan rings is 1. The third kappa shape index (κ3) is 1.74. The summed E-state index contributed by atoms with van der Waals surface area (Å²) < 4.78 is 4.85. The summed E-state index contributed by atoms with van der Waals surface area (Å²) in [4.78, 5) is 15.8. The van der Waals surface area contributed by atoms with E-state index in [1.54, 1.807) is 18.3 Å². The molecular formula is C11H10N2O2. The van der Waals surface area contributed by atoms with Gasteiger partial charge in [0.1, 0.15) is 12.1 Å². The van der Waals surface area contributed by atoms with Gasteiger partial charge in [-0.15, -0.1) is 0 Å².